The van der Waals surface area contributed by atoms with Crippen molar-refractivity contribution in [2.24, 2.45) is 0 Å². The number of H-pyrrole nitrogens is 1. The molecule has 0 radical (unpaired) electrons. The first-order valence-corrected chi connectivity index (χ1v) is 10.3. The van der Waals surface area contributed by atoms with Gasteiger partial charge in [-0.25, -0.2) is 4.98 Å². The van der Waals surface area contributed by atoms with E-state index in [2.05, 4.69) is 25.8 Å². The highest BCUT2D eigenvalue weighted by atomic mass is 32.2. The average Bonchev–Trinajstić information content (AvgIpc) is 3.20. The summed E-state index contributed by atoms with van der Waals surface area (Å²) in [6, 6.07) is 12.7. The van der Waals surface area contributed by atoms with Crippen LogP contribution in [0, 0.1) is 13.8 Å². The average molecular weight is 426 g/mol. The predicted molar refractivity (Wildman–Crippen MR) is 116 cm³/mol. The molecule has 1 heterocycles. The zero-order valence-corrected chi connectivity index (χ0v) is 17.8. The van der Waals surface area contributed by atoms with Crippen LogP contribution in [0.2, 0.25) is 0 Å². The van der Waals surface area contributed by atoms with E-state index in [9.17, 15) is 9.59 Å². The van der Waals surface area contributed by atoms with Crippen LogP contribution in [0.5, 0.6) is 5.75 Å². The molecule has 9 heteroatoms. The molecule has 0 atom stereocenters. The summed E-state index contributed by atoms with van der Waals surface area (Å²) in [5, 5.41) is 13.0. The molecule has 0 aliphatic carbocycles. The van der Waals surface area contributed by atoms with Crippen molar-refractivity contribution >= 4 is 29.3 Å². The number of benzene rings is 2. The van der Waals surface area contributed by atoms with Gasteiger partial charge in [-0.1, -0.05) is 29.5 Å². The normalized spacial score (nSPS) is 10.5. The van der Waals surface area contributed by atoms with Gasteiger partial charge in [-0.05, 0) is 49.7 Å². The van der Waals surface area contributed by atoms with Crippen molar-refractivity contribution in [1.29, 1.82) is 0 Å². The van der Waals surface area contributed by atoms with Gasteiger partial charge >= 0.3 is 0 Å². The quantitative estimate of drug-likeness (QED) is 0.479. The molecule has 0 aliphatic heterocycles. The number of methoxy groups -OCH3 is 1. The topological polar surface area (TPSA) is 109 Å². The highest BCUT2D eigenvalue weighted by Gasteiger charge is 2.11. The molecule has 3 N–H and O–H groups in total. The summed E-state index contributed by atoms with van der Waals surface area (Å²) in [7, 11) is 1.57. The number of anilines is 1. The lowest BCUT2D eigenvalue weighted by molar-refractivity contribution is -0.113. The van der Waals surface area contributed by atoms with Crippen LogP contribution in [-0.2, 0) is 11.3 Å². The van der Waals surface area contributed by atoms with Gasteiger partial charge in [-0.15, -0.1) is 5.10 Å². The number of hydrogen-bond donors (Lipinski definition) is 3. The summed E-state index contributed by atoms with van der Waals surface area (Å²) >= 11 is 1.22. The third-order valence-electron chi connectivity index (χ3n) is 4.27. The summed E-state index contributed by atoms with van der Waals surface area (Å²) in [6.07, 6.45) is 0. The van der Waals surface area contributed by atoms with Crippen molar-refractivity contribution in [2.75, 3.05) is 18.2 Å². The molecule has 156 valence electrons. The first-order valence-electron chi connectivity index (χ1n) is 9.28. The number of carbonyl (C=O) groups excluding carboxylic acids is 2. The maximum absolute atomic E-state index is 12.2. The number of aromatic amines is 1. The second-order valence-electron chi connectivity index (χ2n) is 6.63. The zero-order chi connectivity index (χ0) is 21.5. The molecule has 1 aromatic heterocycles. The summed E-state index contributed by atoms with van der Waals surface area (Å²) in [6.45, 7) is 4.17. The molecule has 3 aromatic rings. The maximum atomic E-state index is 12.2. The van der Waals surface area contributed by atoms with E-state index in [1.54, 1.807) is 31.4 Å². The highest BCUT2D eigenvalue weighted by Crippen LogP contribution is 2.18. The van der Waals surface area contributed by atoms with E-state index in [1.165, 1.54) is 11.8 Å². The summed E-state index contributed by atoms with van der Waals surface area (Å²) in [4.78, 5) is 28.7. The third kappa shape index (κ3) is 5.84. The summed E-state index contributed by atoms with van der Waals surface area (Å²) in [5.41, 5.74) is 3.48. The van der Waals surface area contributed by atoms with E-state index >= 15 is 0 Å². The molecule has 0 fully saturated rings. The summed E-state index contributed by atoms with van der Waals surface area (Å²) in [5.74, 6) is 1.02. The van der Waals surface area contributed by atoms with E-state index < -0.39 is 0 Å². The molecular weight excluding hydrogens is 402 g/mol. The summed E-state index contributed by atoms with van der Waals surface area (Å²) < 4.78 is 5.08. The van der Waals surface area contributed by atoms with Gasteiger partial charge in [-0.3, -0.25) is 14.7 Å². The van der Waals surface area contributed by atoms with Crippen LogP contribution in [0.3, 0.4) is 0 Å². The van der Waals surface area contributed by atoms with Crippen LogP contribution < -0.4 is 15.4 Å². The van der Waals surface area contributed by atoms with Crippen molar-refractivity contribution in [3.05, 3.63) is 65.0 Å². The number of nitrogens with one attached hydrogen (secondary N) is 3. The van der Waals surface area contributed by atoms with E-state index in [1.807, 2.05) is 32.0 Å². The number of ether oxygens (including phenoxy) is 1. The number of thioether (sulfide) groups is 1. The van der Waals surface area contributed by atoms with Gasteiger partial charge in [0.2, 0.25) is 11.1 Å². The Balaban J connectivity index is 1.46. The van der Waals surface area contributed by atoms with E-state index in [4.69, 9.17) is 4.74 Å². The molecule has 2 amide bonds. The van der Waals surface area contributed by atoms with Crippen LogP contribution >= 0.6 is 11.8 Å². The highest BCUT2D eigenvalue weighted by molar-refractivity contribution is 7.99. The number of nitrogens with zero attached hydrogens (tertiary/aromatic N) is 2. The Morgan fingerprint density at radius 1 is 1.13 bits per heavy atom. The molecule has 3 rings (SSSR count). The van der Waals surface area contributed by atoms with Crippen molar-refractivity contribution in [3.8, 4) is 5.75 Å². The number of aryl methyl sites for hydroxylation is 2. The standard InChI is InChI=1S/C21H23N5O3S/c1-13-4-9-17(14(2)10-13)23-19(27)12-30-21-24-18(25-26-21)11-22-20(28)15-5-7-16(29-3)8-6-15/h4-10H,11-12H2,1-3H3,(H,22,28)(H,23,27)(H,24,25,26). The monoisotopic (exact) mass is 425 g/mol. The molecular formula is C21H23N5O3S. The Hall–Kier alpha value is -3.33. The fraction of sp³-hybridized carbons (Fsp3) is 0.238. The number of rotatable bonds is 8. The van der Waals surface area contributed by atoms with Gasteiger partial charge in [0, 0.05) is 11.3 Å². The van der Waals surface area contributed by atoms with Crippen LogP contribution in [0.15, 0.2) is 47.6 Å². The molecule has 8 nitrogen and oxygen atoms in total. The van der Waals surface area contributed by atoms with Crippen LogP contribution in [0.1, 0.15) is 27.3 Å². The second kappa shape index (κ2) is 9.93. The molecule has 0 unspecified atom stereocenters. The molecule has 0 saturated carbocycles. The number of amides is 2. The molecule has 0 aliphatic rings. The van der Waals surface area contributed by atoms with E-state index in [0.29, 0.717) is 22.3 Å². The molecule has 2 aromatic carbocycles. The van der Waals surface area contributed by atoms with E-state index in [0.717, 1.165) is 16.8 Å². The van der Waals surface area contributed by atoms with Gasteiger partial charge in [0.1, 0.15) is 11.6 Å². The smallest absolute Gasteiger partial charge is 0.251 e. The fourth-order valence-corrected chi connectivity index (χ4v) is 3.32. The van der Waals surface area contributed by atoms with Crippen molar-refractivity contribution in [2.45, 2.75) is 25.5 Å². The first kappa shape index (κ1) is 21.4. The number of carbonyl (C=O) groups is 2. The van der Waals surface area contributed by atoms with E-state index in [-0.39, 0.29) is 24.1 Å². The Bertz CT molecular complexity index is 1030. The van der Waals surface area contributed by atoms with Crippen molar-refractivity contribution in [3.63, 3.8) is 0 Å². The molecule has 30 heavy (non-hydrogen) atoms. The van der Waals surface area contributed by atoms with Crippen LogP contribution in [0.4, 0.5) is 5.69 Å². The Morgan fingerprint density at radius 3 is 2.60 bits per heavy atom. The zero-order valence-electron chi connectivity index (χ0n) is 17.0. The van der Waals surface area contributed by atoms with Gasteiger partial charge in [-0.2, -0.15) is 0 Å². The largest absolute Gasteiger partial charge is 0.497 e. The Morgan fingerprint density at radius 2 is 1.90 bits per heavy atom. The minimum atomic E-state index is -0.226. The van der Waals surface area contributed by atoms with Gasteiger partial charge in [0.25, 0.3) is 5.91 Å². The first-order chi connectivity index (χ1) is 14.4. The minimum absolute atomic E-state index is 0.133. The molecule has 0 bridgehead atoms. The SMILES string of the molecule is COc1ccc(C(=O)NCc2nc(SCC(=O)Nc3ccc(C)cc3C)n[nH]2)cc1. The van der Waals surface area contributed by atoms with Crippen LogP contribution in [0.25, 0.3) is 0 Å². The van der Waals surface area contributed by atoms with Crippen LogP contribution in [-0.4, -0.2) is 39.9 Å². The lowest BCUT2D eigenvalue weighted by Crippen LogP contribution is -2.23. The molecule has 0 saturated heterocycles. The lowest BCUT2D eigenvalue weighted by Gasteiger charge is -2.08. The van der Waals surface area contributed by atoms with Crippen molar-refractivity contribution in [1.82, 2.24) is 20.5 Å². The number of aromatic nitrogens is 3. The second-order valence-corrected chi connectivity index (χ2v) is 7.57. The molecule has 0 spiro atoms. The van der Waals surface area contributed by atoms with Gasteiger partial charge in [0.05, 0.1) is 19.4 Å². The number of hydrogen-bond acceptors (Lipinski definition) is 6. The van der Waals surface area contributed by atoms with Gasteiger partial charge < -0.3 is 15.4 Å². The Labute approximate surface area is 178 Å². The maximum Gasteiger partial charge on any atom is 0.251 e. The Kier molecular flexibility index (Phi) is 7.08. The fourth-order valence-electron chi connectivity index (χ4n) is 2.70. The van der Waals surface area contributed by atoms with Crippen molar-refractivity contribution < 1.29 is 14.3 Å². The predicted octanol–water partition coefficient (Wildman–Crippen LogP) is 3.09. The minimum Gasteiger partial charge on any atom is -0.497 e. The lowest BCUT2D eigenvalue weighted by atomic mass is 10.1. The van der Waals surface area contributed by atoms with Gasteiger partial charge in [0.15, 0.2) is 0 Å². The third-order valence-corrected chi connectivity index (χ3v) is 5.12.